The highest BCUT2D eigenvalue weighted by atomic mass is 35.5. The summed E-state index contributed by atoms with van der Waals surface area (Å²) in [4.78, 5) is 7.87. The number of nitrogens with zero attached hydrogens (tertiary/aromatic N) is 2. The minimum atomic E-state index is -3.88. The maximum Gasteiger partial charge on any atom is 0.272 e. The van der Waals surface area contributed by atoms with Crippen LogP contribution in [0.4, 0.5) is 5.82 Å². The Morgan fingerprint density at radius 2 is 2.12 bits per heavy atom. The van der Waals surface area contributed by atoms with E-state index in [-0.39, 0.29) is 27.7 Å². The molecule has 0 aliphatic carbocycles. The van der Waals surface area contributed by atoms with Crippen molar-refractivity contribution in [3.63, 3.8) is 0 Å². The molecular weight excluding hydrogens is 397 g/mol. The van der Waals surface area contributed by atoms with E-state index in [1.807, 2.05) is 0 Å². The smallest absolute Gasteiger partial charge is 0.272 e. The number of nitrogens with one attached hydrogen (secondary N) is 1. The molecule has 0 radical (unpaired) electrons. The van der Waals surface area contributed by atoms with Gasteiger partial charge in [-0.05, 0) is 24.3 Å². The fraction of sp³-hybridized carbons (Fsp3) is 0.0769. The molecule has 0 aliphatic heterocycles. The van der Waals surface area contributed by atoms with E-state index in [9.17, 15) is 8.42 Å². The fourth-order valence-corrected chi connectivity index (χ4v) is 4.30. The van der Waals surface area contributed by atoms with Gasteiger partial charge in [-0.15, -0.1) is 11.3 Å². The average Bonchev–Trinajstić information content (AvgIpc) is 3.17. The molecule has 24 heavy (non-hydrogen) atoms. The van der Waals surface area contributed by atoms with Crippen LogP contribution < -0.4 is 9.46 Å². The first kappa shape index (κ1) is 17.0. The fourth-order valence-electron chi connectivity index (χ4n) is 1.68. The summed E-state index contributed by atoms with van der Waals surface area (Å²) in [5.41, 5.74) is 0. The lowest BCUT2D eigenvalue weighted by molar-refractivity contribution is 0.261. The van der Waals surface area contributed by atoms with Gasteiger partial charge < -0.3 is 9.15 Å². The highest BCUT2D eigenvalue weighted by Crippen LogP contribution is 2.29. The van der Waals surface area contributed by atoms with Crippen molar-refractivity contribution in [3.8, 4) is 5.88 Å². The number of aromatic nitrogens is 2. The van der Waals surface area contributed by atoms with Gasteiger partial charge in [0.25, 0.3) is 15.9 Å². The van der Waals surface area contributed by atoms with Crippen LogP contribution in [-0.2, 0) is 16.6 Å². The zero-order chi connectivity index (χ0) is 17.2. The van der Waals surface area contributed by atoms with Gasteiger partial charge in [-0.2, -0.15) is 0 Å². The lowest BCUT2D eigenvalue weighted by Gasteiger charge is -2.10. The van der Waals surface area contributed by atoms with Gasteiger partial charge in [-0.3, -0.25) is 4.72 Å². The van der Waals surface area contributed by atoms with E-state index in [0.29, 0.717) is 10.1 Å². The third kappa shape index (κ3) is 3.99. The van der Waals surface area contributed by atoms with E-state index < -0.39 is 10.0 Å². The number of hydrogen-bond donors (Lipinski definition) is 1. The molecule has 126 valence electrons. The number of rotatable bonds is 6. The molecule has 1 N–H and O–H groups in total. The summed E-state index contributed by atoms with van der Waals surface area (Å²) in [6.07, 6.45) is 2.75. The molecule has 3 heterocycles. The van der Waals surface area contributed by atoms with Crippen LogP contribution in [-0.4, -0.2) is 18.4 Å². The van der Waals surface area contributed by atoms with Crippen LogP contribution in [0.3, 0.4) is 0 Å². The Bertz CT molecular complexity index is 942. The Morgan fingerprint density at radius 1 is 1.29 bits per heavy atom. The van der Waals surface area contributed by atoms with Crippen molar-refractivity contribution in [3.05, 3.63) is 52.0 Å². The molecular formula is C13H9Cl2N3O4S2. The van der Waals surface area contributed by atoms with Gasteiger partial charge >= 0.3 is 0 Å². The maximum absolute atomic E-state index is 12.4. The SMILES string of the molecule is O=S(=O)(Nc1nc(Cl)cnc1OCc1ccco1)c1ccc(Cl)s1. The molecule has 0 atom stereocenters. The van der Waals surface area contributed by atoms with Gasteiger partial charge in [0, 0.05) is 0 Å². The van der Waals surface area contributed by atoms with Crippen molar-refractivity contribution in [2.45, 2.75) is 10.8 Å². The molecule has 0 amide bonds. The molecule has 0 saturated carbocycles. The van der Waals surface area contributed by atoms with Crippen molar-refractivity contribution in [2.24, 2.45) is 0 Å². The Kier molecular flexibility index (Phi) is 4.95. The molecule has 3 rings (SSSR count). The zero-order valence-electron chi connectivity index (χ0n) is 11.8. The predicted molar refractivity (Wildman–Crippen MR) is 90.2 cm³/mol. The van der Waals surface area contributed by atoms with E-state index in [1.165, 1.54) is 24.6 Å². The third-order valence-corrected chi connectivity index (χ3v) is 5.93. The number of sulfonamides is 1. The van der Waals surface area contributed by atoms with Gasteiger partial charge in [-0.1, -0.05) is 23.2 Å². The second-order valence-corrected chi connectivity index (χ2v) is 8.39. The summed E-state index contributed by atoms with van der Waals surface area (Å²) < 4.78 is 38.0. The number of thiophene rings is 1. The molecule has 0 bridgehead atoms. The molecule has 0 fully saturated rings. The summed E-state index contributed by atoms with van der Waals surface area (Å²) in [6, 6.07) is 6.28. The van der Waals surface area contributed by atoms with E-state index in [4.69, 9.17) is 32.4 Å². The van der Waals surface area contributed by atoms with Crippen molar-refractivity contribution in [1.29, 1.82) is 0 Å². The molecule has 0 aliphatic rings. The summed E-state index contributed by atoms with van der Waals surface area (Å²) in [6.45, 7) is 0.0584. The minimum Gasteiger partial charge on any atom is -0.467 e. The summed E-state index contributed by atoms with van der Waals surface area (Å²) >= 11 is 12.5. The first-order valence-corrected chi connectivity index (χ1v) is 9.45. The van der Waals surface area contributed by atoms with Crippen molar-refractivity contribution < 1.29 is 17.6 Å². The quantitative estimate of drug-likeness (QED) is 0.669. The number of ether oxygens (including phenoxy) is 1. The Morgan fingerprint density at radius 3 is 2.79 bits per heavy atom. The Balaban J connectivity index is 1.85. The second kappa shape index (κ2) is 6.98. The zero-order valence-corrected chi connectivity index (χ0v) is 14.9. The summed E-state index contributed by atoms with van der Waals surface area (Å²) in [5.74, 6) is 0.395. The molecule has 0 saturated heterocycles. The lowest BCUT2D eigenvalue weighted by Crippen LogP contribution is -2.14. The van der Waals surface area contributed by atoms with E-state index in [1.54, 1.807) is 12.1 Å². The largest absolute Gasteiger partial charge is 0.467 e. The highest BCUT2D eigenvalue weighted by molar-refractivity contribution is 7.94. The van der Waals surface area contributed by atoms with E-state index in [2.05, 4.69) is 14.7 Å². The summed E-state index contributed by atoms with van der Waals surface area (Å²) in [5, 5.41) is 0.0160. The first-order valence-electron chi connectivity index (χ1n) is 6.40. The average molecular weight is 406 g/mol. The normalized spacial score (nSPS) is 11.4. The number of furan rings is 1. The number of hydrogen-bond acceptors (Lipinski definition) is 7. The molecule has 11 heteroatoms. The van der Waals surface area contributed by atoms with E-state index >= 15 is 0 Å². The monoisotopic (exact) mass is 405 g/mol. The van der Waals surface area contributed by atoms with Gasteiger partial charge in [0.2, 0.25) is 5.82 Å². The third-order valence-electron chi connectivity index (χ3n) is 2.69. The Labute approximate surface area is 151 Å². The van der Waals surface area contributed by atoms with Crippen LogP contribution in [0.25, 0.3) is 0 Å². The molecule has 0 spiro atoms. The number of halogens is 2. The topological polar surface area (TPSA) is 94.3 Å². The van der Waals surface area contributed by atoms with Crippen LogP contribution in [0.15, 0.2) is 45.4 Å². The molecule has 0 unspecified atom stereocenters. The van der Waals surface area contributed by atoms with Crippen LogP contribution >= 0.6 is 34.5 Å². The maximum atomic E-state index is 12.4. The van der Waals surface area contributed by atoms with E-state index in [0.717, 1.165) is 11.3 Å². The molecule has 3 aromatic rings. The second-order valence-electron chi connectivity index (χ2n) is 4.38. The van der Waals surface area contributed by atoms with Gasteiger partial charge in [0.1, 0.15) is 21.7 Å². The highest BCUT2D eigenvalue weighted by Gasteiger charge is 2.21. The minimum absolute atomic E-state index is 0.0160. The molecule has 7 nitrogen and oxygen atoms in total. The van der Waals surface area contributed by atoms with Gasteiger partial charge in [0.05, 0.1) is 16.8 Å². The van der Waals surface area contributed by atoms with Crippen molar-refractivity contribution in [1.82, 2.24) is 9.97 Å². The lowest BCUT2D eigenvalue weighted by atomic mass is 10.5. The summed E-state index contributed by atoms with van der Waals surface area (Å²) in [7, 11) is -3.88. The molecule has 3 aromatic heterocycles. The molecule has 0 aromatic carbocycles. The van der Waals surface area contributed by atoms with Gasteiger partial charge in [-0.25, -0.2) is 18.4 Å². The van der Waals surface area contributed by atoms with Crippen LogP contribution in [0.2, 0.25) is 9.49 Å². The Hall–Kier alpha value is -1.81. The van der Waals surface area contributed by atoms with Crippen molar-refractivity contribution >= 4 is 50.4 Å². The van der Waals surface area contributed by atoms with Crippen LogP contribution in [0, 0.1) is 0 Å². The first-order chi connectivity index (χ1) is 11.4. The van der Waals surface area contributed by atoms with Crippen LogP contribution in [0.5, 0.6) is 5.88 Å². The number of anilines is 1. The standard InChI is InChI=1S/C13H9Cl2N3O4S2/c14-9-6-16-13(22-7-8-2-1-5-21-8)12(17-9)18-24(19,20)11-4-3-10(15)23-11/h1-6H,7H2,(H,17,18). The van der Waals surface area contributed by atoms with Crippen LogP contribution in [0.1, 0.15) is 5.76 Å². The van der Waals surface area contributed by atoms with Crippen molar-refractivity contribution in [2.75, 3.05) is 4.72 Å². The van der Waals surface area contributed by atoms with Gasteiger partial charge in [0.15, 0.2) is 0 Å². The predicted octanol–water partition coefficient (Wildman–Crippen LogP) is 3.82.